The second kappa shape index (κ2) is 16.2. The Morgan fingerprint density at radius 1 is 0.422 bits per heavy atom. The smallest absolute Gasteiger partial charge is 0.0619 e. The average Bonchev–Trinajstić information content (AvgIpc) is 3.12. The monoisotopic (exact) mass is 615 g/mol. The van der Waals surface area contributed by atoms with E-state index in [4.69, 9.17) is 0 Å². The largest absolute Gasteiger partial charge is 0.166 e. The Morgan fingerprint density at radius 3 is 1.22 bits per heavy atom. The van der Waals surface area contributed by atoms with Gasteiger partial charge in [0.25, 0.3) is 0 Å². The average molecular weight is 616 g/mol. The van der Waals surface area contributed by atoms with Crippen LogP contribution in [0.2, 0.25) is 0 Å². The Balaban J connectivity index is 0.000000163. The second-order valence-corrected chi connectivity index (χ2v) is 16.1. The first-order chi connectivity index (χ1) is 22.2. The summed E-state index contributed by atoms with van der Waals surface area (Å²) in [5.74, 6) is 2.58. The van der Waals surface area contributed by atoms with Gasteiger partial charge >= 0.3 is 0 Å². The summed E-state index contributed by atoms with van der Waals surface area (Å²) in [4.78, 5) is 4.10. The molecule has 0 atom stereocenters. The zero-order chi connectivity index (χ0) is 30.8. The van der Waals surface area contributed by atoms with Crippen molar-refractivity contribution in [1.29, 1.82) is 0 Å². The van der Waals surface area contributed by atoms with Crippen molar-refractivity contribution in [3.63, 3.8) is 0 Å². The highest BCUT2D eigenvalue weighted by molar-refractivity contribution is 7.97. The fourth-order valence-electron chi connectivity index (χ4n) is 8.33. The van der Waals surface area contributed by atoms with Crippen molar-refractivity contribution in [2.45, 2.75) is 143 Å². The van der Waals surface area contributed by atoms with Gasteiger partial charge in [-0.1, -0.05) is 124 Å². The lowest BCUT2D eigenvalue weighted by atomic mass is 9.74. The highest BCUT2D eigenvalue weighted by Gasteiger charge is 2.28. The topological polar surface area (TPSA) is 0 Å². The van der Waals surface area contributed by atoms with Crippen LogP contribution < -0.4 is 0 Å². The van der Waals surface area contributed by atoms with Crippen molar-refractivity contribution < 1.29 is 0 Å². The van der Waals surface area contributed by atoms with Crippen LogP contribution in [0.15, 0.2) is 112 Å². The zero-order valence-electron chi connectivity index (χ0n) is 28.0. The van der Waals surface area contributed by atoms with Crippen LogP contribution in [0.25, 0.3) is 0 Å². The minimum absolute atomic E-state index is 0.0229. The highest BCUT2D eigenvalue weighted by Crippen LogP contribution is 2.43. The van der Waals surface area contributed by atoms with E-state index in [1.54, 1.807) is 22.3 Å². The van der Waals surface area contributed by atoms with Crippen LogP contribution in [0.5, 0.6) is 0 Å². The molecule has 0 N–H and O–H groups in total. The van der Waals surface area contributed by atoms with Crippen molar-refractivity contribution in [1.82, 2.24) is 0 Å². The molecule has 0 aliphatic heterocycles. The summed E-state index contributed by atoms with van der Waals surface area (Å²) < 4.78 is 0. The molecule has 0 bridgehead atoms. The van der Waals surface area contributed by atoms with Gasteiger partial charge in [-0.3, -0.25) is 0 Å². The maximum atomic E-state index is 2.69. The number of rotatable bonds is 6. The molecule has 7 rings (SSSR count). The van der Waals surface area contributed by atoms with Gasteiger partial charge in [0.15, 0.2) is 14.7 Å². The molecule has 0 spiro atoms. The Bertz CT molecular complexity index is 1360. The summed E-state index contributed by atoms with van der Waals surface area (Å²) in [6.07, 6.45) is 21.8. The molecule has 0 saturated heterocycles. The van der Waals surface area contributed by atoms with Crippen molar-refractivity contribution in [3.8, 4) is 0 Å². The van der Waals surface area contributed by atoms with Gasteiger partial charge in [0, 0.05) is 0 Å². The van der Waals surface area contributed by atoms with Crippen molar-refractivity contribution in [3.05, 3.63) is 125 Å². The zero-order valence-corrected chi connectivity index (χ0v) is 28.8. The van der Waals surface area contributed by atoms with Gasteiger partial charge in [0.1, 0.15) is 0 Å². The first kappa shape index (κ1) is 32.2. The highest BCUT2D eigenvalue weighted by atomic mass is 32.2. The summed E-state index contributed by atoms with van der Waals surface area (Å²) in [7, 11) is -0.0229. The molecule has 0 radical (unpaired) electrons. The molecule has 1 heteroatoms. The molecule has 236 valence electrons. The maximum Gasteiger partial charge on any atom is 0.166 e. The van der Waals surface area contributed by atoms with Crippen molar-refractivity contribution in [2.75, 3.05) is 0 Å². The number of benzene rings is 4. The molecule has 3 saturated carbocycles. The first-order valence-electron chi connectivity index (χ1n) is 18.2. The lowest BCUT2D eigenvalue weighted by Crippen LogP contribution is -2.14. The predicted molar refractivity (Wildman–Crippen MR) is 195 cm³/mol. The Labute approximate surface area is 277 Å². The van der Waals surface area contributed by atoms with Crippen LogP contribution in [0.1, 0.15) is 142 Å². The molecular weight excluding hydrogens is 561 g/mol. The molecule has 4 aromatic rings. The van der Waals surface area contributed by atoms with E-state index in [0.29, 0.717) is 0 Å². The second-order valence-electron chi connectivity index (χ2n) is 14.1. The van der Waals surface area contributed by atoms with E-state index in [0.717, 1.165) is 17.8 Å². The maximum absolute atomic E-state index is 2.69. The molecule has 0 nitrogen and oxygen atoms in total. The summed E-state index contributed by atoms with van der Waals surface area (Å²) in [5.41, 5.74) is 8.26. The van der Waals surface area contributed by atoms with Crippen LogP contribution in [-0.4, -0.2) is 0 Å². The molecule has 0 unspecified atom stereocenters. The standard InChI is InChI=1S/C25H38.C19H17S/c1-19-24(21-13-7-3-8-14-21)17-23(20-11-5-2-6-12-20)18-25(19)22-15-9-4-10-16-22;1-16-12-14-19(15-13-16)20(17-8-4-2-5-9-17)18-10-6-3-7-11-18/h17-18,20-22H,2-16H2,1H3;2-15H,1H3/q;+1. The number of hydrogen-bond acceptors (Lipinski definition) is 0. The van der Waals surface area contributed by atoms with Gasteiger partial charge in [-0.05, 0) is 129 Å². The van der Waals surface area contributed by atoms with Gasteiger partial charge in [-0.15, -0.1) is 0 Å². The Kier molecular flexibility index (Phi) is 11.6. The number of aryl methyl sites for hydroxylation is 1. The summed E-state index contributed by atoms with van der Waals surface area (Å²) in [6, 6.07) is 35.8. The van der Waals surface area contributed by atoms with Gasteiger partial charge in [0.05, 0.1) is 10.9 Å². The summed E-state index contributed by atoms with van der Waals surface area (Å²) in [6.45, 7) is 4.60. The van der Waals surface area contributed by atoms with Gasteiger partial charge in [-0.2, -0.15) is 0 Å². The minimum Gasteiger partial charge on any atom is -0.0619 e. The van der Waals surface area contributed by atoms with E-state index in [-0.39, 0.29) is 10.9 Å². The third-order valence-electron chi connectivity index (χ3n) is 10.9. The van der Waals surface area contributed by atoms with Crippen molar-refractivity contribution >= 4 is 10.9 Å². The summed E-state index contributed by atoms with van der Waals surface area (Å²) >= 11 is 0. The van der Waals surface area contributed by atoms with Crippen LogP contribution in [0.3, 0.4) is 0 Å². The first-order valence-corrected chi connectivity index (χ1v) is 19.5. The third kappa shape index (κ3) is 8.34. The Morgan fingerprint density at radius 2 is 0.800 bits per heavy atom. The molecular formula is C44H55S+. The van der Waals surface area contributed by atoms with Crippen LogP contribution >= 0.6 is 0 Å². The third-order valence-corrected chi connectivity index (χ3v) is 13.1. The van der Waals surface area contributed by atoms with Gasteiger partial charge in [-0.25, -0.2) is 0 Å². The van der Waals surface area contributed by atoms with Gasteiger partial charge < -0.3 is 0 Å². The normalized spacial score (nSPS) is 18.4. The lowest BCUT2D eigenvalue weighted by molar-refractivity contribution is 0.425. The van der Waals surface area contributed by atoms with E-state index < -0.39 is 0 Å². The predicted octanol–water partition coefficient (Wildman–Crippen LogP) is 13.2. The number of hydrogen-bond donors (Lipinski definition) is 0. The van der Waals surface area contributed by atoms with Gasteiger partial charge in [0.2, 0.25) is 0 Å². The molecule has 0 heterocycles. The molecule has 3 aliphatic rings. The minimum atomic E-state index is -0.0229. The van der Waals surface area contributed by atoms with Crippen molar-refractivity contribution in [2.24, 2.45) is 0 Å². The fourth-order valence-corrected chi connectivity index (χ4v) is 10.4. The van der Waals surface area contributed by atoms with Crippen LogP contribution in [0.4, 0.5) is 0 Å². The molecule has 0 aromatic heterocycles. The van der Waals surface area contributed by atoms with E-state index >= 15 is 0 Å². The van der Waals surface area contributed by atoms with E-state index in [2.05, 4.69) is 111 Å². The van der Waals surface area contributed by atoms with E-state index in [1.165, 1.54) is 117 Å². The van der Waals surface area contributed by atoms with E-state index in [1.807, 2.05) is 0 Å². The SMILES string of the molecule is Cc1c(C2CCCCC2)cc(C2CCCCC2)cc1C1CCCCC1.Cc1ccc([S+](c2ccccc2)c2ccccc2)cc1. The van der Waals surface area contributed by atoms with E-state index in [9.17, 15) is 0 Å². The molecule has 3 fully saturated rings. The molecule has 3 aliphatic carbocycles. The molecule has 0 amide bonds. The molecule has 45 heavy (non-hydrogen) atoms. The summed E-state index contributed by atoms with van der Waals surface area (Å²) in [5, 5.41) is 0. The van der Waals surface area contributed by atoms with Crippen LogP contribution in [0, 0.1) is 13.8 Å². The fraction of sp³-hybridized carbons (Fsp3) is 0.455. The van der Waals surface area contributed by atoms with Crippen LogP contribution in [-0.2, 0) is 10.9 Å². The molecule has 4 aromatic carbocycles. The quantitative estimate of drug-likeness (QED) is 0.189. The Hall–Kier alpha value is -2.77. The lowest BCUT2D eigenvalue weighted by Gasteiger charge is -2.31.